The molecule has 3 rings (SSSR count). The van der Waals surface area contributed by atoms with E-state index < -0.39 is 0 Å². The smallest absolute Gasteiger partial charge is 0.131 e. The van der Waals surface area contributed by atoms with Gasteiger partial charge in [-0.25, -0.2) is 4.39 Å². The largest absolute Gasteiger partial charge is 0.488 e. The first-order chi connectivity index (χ1) is 12.1. The first kappa shape index (κ1) is 18.6. The van der Waals surface area contributed by atoms with Gasteiger partial charge in [-0.15, -0.1) is 0 Å². The Morgan fingerprint density at radius 1 is 1.32 bits per heavy atom. The molecule has 1 saturated heterocycles. The summed E-state index contributed by atoms with van der Waals surface area (Å²) in [7, 11) is 0. The van der Waals surface area contributed by atoms with Crippen molar-refractivity contribution in [3.05, 3.63) is 62.8 Å². The third-order valence-electron chi connectivity index (χ3n) is 4.17. The van der Waals surface area contributed by atoms with Gasteiger partial charge in [0.05, 0.1) is 11.1 Å². The zero-order chi connectivity index (χ0) is 17.6. The van der Waals surface area contributed by atoms with Crippen LogP contribution in [-0.2, 0) is 17.9 Å². The number of ether oxygens (including phenoxy) is 2. The summed E-state index contributed by atoms with van der Waals surface area (Å²) >= 11 is 9.55. The normalized spacial score (nSPS) is 17.0. The molecule has 1 heterocycles. The second-order valence-electron chi connectivity index (χ2n) is 6.01. The molecule has 1 atom stereocenters. The van der Waals surface area contributed by atoms with Gasteiger partial charge in [-0.1, -0.05) is 33.6 Å². The Kier molecular flexibility index (Phi) is 6.70. The molecule has 1 aliphatic heterocycles. The number of rotatable bonds is 7. The van der Waals surface area contributed by atoms with Gasteiger partial charge in [0.2, 0.25) is 0 Å². The Hall–Kier alpha value is -1.14. The quantitative estimate of drug-likeness (QED) is 0.666. The molecule has 0 aromatic heterocycles. The summed E-state index contributed by atoms with van der Waals surface area (Å²) in [5.74, 6) is 0.352. The lowest BCUT2D eigenvalue weighted by Crippen LogP contribution is -2.26. The van der Waals surface area contributed by atoms with Gasteiger partial charge in [0, 0.05) is 35.3 Å². The number of hydrogen-bond acceptors (Lipinski definition) is 3. The van der Waals surface area contributed by atoms with Crippen LogP contribution in [-0.4, -0.2) is 19.3 Å². The lowest BCUT2D eigenvalue weighted by molar-refractivity contribution is 0.110. The van der Waals surface area contributed by atoms with Crippen LogP contribution in [0.1, 0.15) is 24.0 Å². The van der Waals surface area contributed by atoms with Crippen molar-refractivity contribution < 1.29 is 13.9 Å². The Morgan fingerprint density at radius 3 is 2.96 bits per heavy atom. The van der Waals surface area contributed by atoms with Crippen LogP contribution >= 0.6 is 27.5 Å². The third-order valence-corrected chi connectivity index (χ3v) is 5.02. The van der Waals surface area contributed by atoms with Crippen LogP contribution in [0.4, 0.5) is 4.39 Å². The number of benzene rings is 2. The number of nitrogens with one attached hydrogen (secondary N) is 1. The van der Waals surface area contributed by atoms with E-state index in [2.05, 4.69) is 21.2 Å². The van der Waals surface area contributed by atoms with Gasteiger partial charge in [-0.05, 0) is 43.2 Å². The highest BCUT2D eigenvalue weighted by Crippen LogP contribution is 2.26. The highest BCUT2D eigenvalue weighted by atomic mass is 79.9. The SMILES string of the molecule is Fc1cccc(Cl)c1COc1ccc(Br)cc1CNC[C@H]1CCCO1. The predicted molar refractivity (Wildman–Crippen MR) is 101 cm³/mol. The van der Waals surface area contributed by atoms with E-state index in [-0.39, 0.29) is 18.5 Å². The van der Waals surface area contributed by atoms with Crippen molar-refractivity contribution in [2.45, 2.75) is 32.1 Å². The summed E-state index contributed by atoms with van der Waals surface area (Å²) in [6.45, 7) is 2.40. The van der Waals surface area contributed by atoms with Gasteiger partial charge in [0.1, 0.15) is 18.2 Å². The molecule has 0 aliphatic carbocycles. The third kappa shape index (κ3) is 5.17. The molecule has 6 heteroatoms. The summed E-state index contributed by atoms with van der Waals surface area (Å²) in [5, 5.41) is 3.78. The standard InChI is InChI=1S/C19H20BrClFNO2/c20-14-6-7-19(25-12-16-17(21)4-1-5-18(16)22)13(9-14)10-23-11-15-3-2-8-24-15/h1,4-7,9,15,23H,2-3,8,10-12H2/t15-/m1/s1. The van der Waals surface area contributed by atoms with Crippen molar-refractivity contribution in [3.8, 4) is 5.75 Å². The molecular formula is C19H20BrClFNO2. The fourth-order valence-corrected chi connectivity index (χ4v) is 3.45. The first-order valence-electron chi connectivity index (χ1n) is 8.30. The van der Waals surface area contributed by atoms with Crippen LogP contribution in [0.25, 0.3) is 0 Å². The highest BCUT2D eigenvalue weighted by Gasteiger charge is 2.15. The van der Waals surface area contributed by atoms with Crippen LogP contribution in [0.5, 0.6) is 5.75 Å². The van der Waals surface area contributed by atoms with E-state index in [4.69, 9.17) is 21.1 Å². The molecule has 0 amide bonds. The molecule has 3 nitrogen and oxygen atoms in total. The molecule has 1 aliphatic rings. The molecule has 134 valence electrons. The van der Waals surface area contributed by atoms with Crippen molar-refractivity contribution in [1.29, 1.82) is 0 Å². The van der Waals surface area contributed by atoms with E-state index in [0.717, 1.165) is 36.0 Å². The molecule has 1 N–H and O–H groups in total. The zero-order valence-corrected chi connectivity index (χ0v) is 16.1. The summed E-state index contributed by atoms with van der Waals surface area (Å²) in [4.78, 5) is 0. The molecule has 2 aromatic rings. The monoisotopic (exact) mass is 427 g/mol. The van der Waals surface area contributed by atoms with E-state index in [1.54, 1.807) is 12.1 Å². The van der Waals surface area contributed by atoms with Crippen LogP contribution in [0.2, 0.25) is 5.02 Å². The van der Waals surface area contributed by atoms with E-state index in [1.165, 1.54) is 6.07 Å². The molecule has 2 aromatic carbocycles. The Morgan fingerprint density at radius 2 is 2.20 bits per heavy atom. The van der Waals surface area contributed by atoms with Gasteiger partial charge in [0.15, 0.2) is 0 Å². The van der Waals surface area contributed by atoms with E-state index >= 15 is 0 Å². The van der Waals surface area contributed by atoms with E-state index in [9.17, 15) is 4.39 Å². The average molecular weight is 429 g/mol. The molecule has 0 spiro atoms. The van der Waals surface area contributed by atoms with E-state index in [1.807, 2.05) is 18.2 Å². The molecule has 0 bridgehead atoms. The molecule has 0 unspecified atom stereocenters. The molecule has 1 fully saturated rings. The summed E-state index contributed by atoms with van der Waals surface area (Å²) < 4.78 is 26.3. The first-order valence-corrected chi connectivity index (χ1v) is 9.47. The number of halogens is 3. The van der Waals surface area contributed by atoms with Crippen molar-refractivity contribution in [1.82, 2.24) is 5.32 Å². The minimum atomic E-state index is -0.359. The van der Waals surface area contributed by atoms with Gasteiger partial charge >= 0.3 is 0 Å². The summed E-state index contributed by atoms with van der Waals surface area (Å²) in [5.41, 5.74) is 1.37. The second kappa shape index (κ2) is 8.99. The van der Waals surface area contributed by atoms with Gasteiger partial charge in [-0.2, -0.15) is 0 Å². The maximum Gasteiger partial charge on any atom is 0.131 e. The molecule has 0 radical (unpaired) electrons. The lowest BCUT2D eigenvalue weighted by Gasteiger charge is -2.15. The fraction of sp³-hybridized carbons (Fsp3) is 0.368. The Bertz CT molecular complexity index is 702. The predicted octanol–water partition coefficient (Wildman–Crippen LogP) is 5.09. The lowest BCUT2D eigenvalue weighted by atomic mass is 10.2. The Balaban J connectivity index is 1.64. The van der Waals surface area contributed by atoms with Gasteiger partial charge in [0.25, 0.3) is 0 Å². The van der Waals surface area contributed by atoms with Crippen LogP contribution < -0.4 is 10.1 Å². The average Bonchev–Trinajstić information content (AvgIpc) is 3.09. The fourth-order valence-electron chi connectivity index (χ4n) is 2.82. The number of hydrogen-bond donors (Lipinski definition) is 1. The minimum absolute atomic E-state index is 0.0892. The second-order valence-corrected chi connectivity index (χ2v) is 7.33. The van der Waals surface area contributed by atoms with E-state index in [0.29, 0.717) is 22.9 Å². The zero-order valence-electron chi connectivity index (χ0n) is 13.7. The maximum atomic E-state index is 13.9. The van der Waals surface area contributed by atoms with Gasteiger partial charge < -0.3 is 14.8 Å². The van der Waals surface area contributed by atoms with Crippen LogP contribution in [0.15, 0.2) is 40.9 Å². The van der Waals surface area contributed by atoms with Gasteiger partial charge in [-0.3, -0.25) is 0 Å². The highest BCUT2D eigenvalue weighted by molar-refractivity contribution is 9.10. The molecule has 25 heavy (non-hydrogen) atoms. The maximum absolute atomic E-state index is 13.9. The van der Waals surface area contributed by atoms with Crippen LogP contribution in [0.3, 0.4) is 0 Å². The van der Waals surface area contributed by atoms with Crippen LogP contribution in [0, 0.1) is 5.82 Å². The molecular weight excluding hydrogens is 409 g/mol. The van der Waals surface area contributed by atoms with Crippen molar-refractivity contribution in [3.63, 3.8) is 0 Å². The topological polar surface area (TPSA) is 30.5 Å². The van der Waals surface area contributed by atoms with Crippen molar-refractivity contribution in [2.75, 3.05) is 13.2 Å². The van der Waals surface area contributed by atoms with Crippen molar-refractivity contribution >= 4 is 27.5 Å². The molecule has 0 saturated carbocycles. The minimum Gasteiger partial charge on any atom is -0.488 e. The Labute approximate surface area is 160 Å². The van der Waals surface area contributed by atoms with Crippen molar-refractivity contribution in [2.24, 2.45) is 0 Å². The summed E-state index contributed by atoms with van der Waals surface area (Å²) in [6.07, 6.45) is 2.51. The summed E-state index contributed by atoms with van der Waals surface area (Å²) in [6, 6.07) is 10.4.